The summed E-state index contributed by atoms with van der Waals surface area (Å²) in [7, 11) is -4.60. The Balaban J connectivity index is 2.26. The van der Waals surface area contributed by atoms with Crippen LogP contribution >= 0.6 is 7.75 Å². The number of carbonyl (C=O) groups is 1. The van der Waals surface area contributed by atoms with Crippen LogP contribution < -0.4 is 5.09 Å². The first-order chi connectivity index (χ1) is 8.87. The molecule has 0 fully saturated rings. The van der Waals surface area contributed by atoms with Crippen molar-refractivity contribution < 1.29 is 24.3 Å². The van der Waals surface area contributed by atoms with Crippen LogP contribution in [0.4, 0.5) is 0 Å². The Morgan fingerprint density at radius 2 is 2.05 bits per heavy atom. The zero-order chi connectivity index (χ0) is 14.0. The maximum atomic E-state index is 11.0. The Labute approximate surface area is 108 Å². The van der Waals surface area contributed by atoms with Gasteiger partial charge in [-0.15, -0.1) is 0 Å². The molecule has 0 aliphatic rings. The molecule has 1 atom stereocenters. The van der Waals surface area contributed by atoms with Crippen LogP contribution in [0, 0.1) is 0 Å². The summed E-state index contributed by atoms with van der Waals surface area (Å²) in [6.07, 6.45) is 1.62. The number of benzene rings is 1. The van der Waals surface area contributed by atoms with Crippen molar-refractivity contribution in [2.75, 3.05) is 0 Å². The van der Waals surface area contributed by atoms with Crippen molar-refractivity contribution in [3.05, 3.63) is 36.0 Å². The van der Waals surface area contributed by atoms with E-state index in [4.69, 9.17) is 14.9 Å². The van der Waals surface area contributed by atoms with Crippen molar-refractivity contribution in [1.29, 1.82) is 0 Å². The second-order valence-electron chi connectivity index (χ2n) is 4.13. The number of hydrogen-bond acceptors (Lipinski definition) is 2. The van der Waals surface area contributed by atoms with Gasteiger partial charge in [-0.2, -0.15) is 0 Å². The largest absolute Gasteiger partial charge is 0.480 e. The zero-order valence-corrected chi connectivity index (χ0v) is 10.7. The van der Waals surface area contributed by atoms with Crippen molar-refractivity contribution in [3.8, 4) is 0 Å². The smallest absolute Gasteiger partial charge is 0.401 e. The lowest BCUT2D eigenvalue weighted by Crippen LogP contribution is -2.36. The minimum absolute atomic E-state index is 0.0234. The van der Waals surface area contributed by atoms with Crippen molar-refractivity contribution in [3.63, 3.8) is 0 Å². The van der Waals surface area contributed by atoms with Crippen LogP contribution in [-0.4, -0.2) is 31.9 Å². The molecule has 7 nitrogen and oxygen atoms in total. The van der Waals surface area contributed by atoms with Crippen LogP contribution in [-0.2, 0) is 15.8 Å². The predicted octanol–water partition coefficient (Wildman–Crippen LogP) is 0.846. The summed E-state index contributed by atoms with van der Waals surface area (Å²) < 4.78 is 10.9. The van der Waals surface area contributed by atoms with E-state index in [2.05, 4.69) is 4.98 Å². The van der Waals surface area contributed by atoms with E-state index >= 15 is 0 Å². The highest BCUT2D eigenvalue weighted by molar-refractivity contribution is 7.49. The van der Waals surface area contributed by atoms with E-state index in [9.17, 15) is 9.36 Å². The van der Waals surface area contributed by atoms with E-state index in [1.807, 2.05) is 29.4 Å². The normalized spacial score (nSPS) is 13.6. The lowest BCUT2D eigenvalue weighted by molar-refractivity contribution is -0.139. The summed E-state index contributed by atoms with van der Waals surface area (Å²) >= 11 is 0. The molecule has 1 unspecified atom stereocenters. The topological polar surface area (TPSA) is 123 Å². The fraction of sp³-hybridized carbons (Fsp3) is 0.182. The van der Waals surface area contributed by atoms with Gasteiger partial charge in [0.1, 0.15) is 6.04 Å². The molecule has 1 aromatic heterocycles. The Kier molecular flexibility index (Phi) is 3.73. The number of nitrogens with one attached hydrogen (secondary N) is 2. The molecule has 0 spiro atoms. The van der Waals surface area contributed by atoms with Gasteiger partial charge in [-0.1, -0.05) is 18.2 Å². The molecule has 0 saturated carbocycles. The minimum atomic E-state index is -4.60. The van der Waals surface area contributed by atoms with Gasteiger partial charge in [0.05, 0.1) is 0 Å². The number of aliphatic carboxylic acids is 1. The third kappa shape index (κ3) is 3.42. The first-order valence-corrected chi connectivity index (χ1v) is 7.09. The van der Waals surface area contributed by atoms with Crippen molar-refractivity contribution in [2.45, 2.75) is 12.5 Å². The molecule has 0 aliphatic carbocycles. The molecular formula is C11H13N2O5P. The number of aromatic nitrogens is 1. The molecule has 19 heavy (non-hydrogen) atoms. The van der Waals surface area contributed by atoms with Crippen molar-refractivity contribution >= 4 is 24.6 Å². The van der Waals surface area contributed by atoms with Gasteiger partial charge in [0.2, 0.25) is 0 Å². The average Bonchev–Trinajstić information content (AvgIpc) is 2.70. The summed E-state index contributed by atoms with van der Waals surface area (Å²) in [6, 6.07) is 5.96. The summed E-state index contributed by atoms with van der Waals surface area (Å²) in [4.78, 5) is 31.6. The van der Waals surface area contributed by atoms with E-state index < -0.39 is 19.8 Å². The third-order valence-corrected chi connectivity index (χ3v) is 3.37. The number of carboxylic acid groups (broad SMARTS) is 1. The fourth-order valence-electron chi connectivity index (χ4n) is 1.91. The van der Waals surface area contributed by atoms with Crippen molar-refractivity contribution in [2.24, 2.45) is 0 Å². The molecule has 1 heterocycles. The summed E-state index contributed by atoms with van der Waals surface area (Å²) in [5.41, 5.74) is 1.53. The van der Waals surface area contributed by atoms with E-state index in [-0.39, 0.29) is 6.42 Å². The SMILES string of the molecule is O=C(O)C(Cc1c[nH]c2ccccc12)NP(=O)(O)O. The number of para-hydroxylation sites is 1. The van der Waals surface area contributed by atoms with E-state index in [1.165, 1.54) is 0 Å². The lowest BCUT2D eigenvalue weighted by Gasteiger charge is -2.14. The maximum absolute atomic E-state index is 11.0. The predicted molar refractivity (Wildman–Crippen MR) is 68.6 cm³/mol. The van der Waals surface area contributed by atoms with Crippen LogP contribution in [0.2, 0.25) is 0 Å². The van der Waals surface area contributed by atoms with Crippen LogP contribution in [0.1, 0.15) is 5.56 Å². The Morgan fingerprint density at radius 1 is 1.37 bits per heavy atom. The Morgan fingerprint density at radius 3 is 2.68 bits per heavy atom. The standard InChI is InChI=1S/C11H13N2O5P/c14-11(15)10(13-19(16,17)18)5-7-6-12-9-4-2-1-3-8(7)9/h1-4,6,10,12H,5H2,(H,14,15)(H3,13,16,17,18). The second kappa shape index (κ2) is 5.14. The number of carboxylic acids is 1. The minimum Gasteiger partial charge on any atom is -0.480 e. The van der Waals surface area contributed by atoms with E-state index in [0.29, 0.717) is 5.56 Å². The summed E-state index contributed by atoms with van der Waals surface area (Å²) in [5.74, 6) is -1.31. The van der Waals surface area contributed by atoms with Gasteiger partial charge >= 0.3 is 13.7 Å². The molecule has 1 aromatic carbocycles. The Bertz CT molecular complexity index is 647. The van der Waals surface area contributed by atoms with E-state index in [1.54, 1.807) is 6.20 Å². The maximum Gasteiger partial charge on any atom is 0.401 e. The number of rotatable bonds is 5. The number of hydrogen-bond donors (Lipinski definition) is 5. The number of fused-ring (bicyclic) bond motifs is 1. The molecule has 0 radical (unpaired) electrons. The van der Waals surface area contributed by atoms with Crippen LogP contribution in [0.15, 0.2) is 30.5 Å². The Hall–Kier alpha value is -1.66. The molecule has 5 N–H and O–H groups in total. The van der Waals surface area contributed by atoms with Crippen molar-refractivity contribution in [1.82, 2.24) is 10.1 Å². The van der Waals surface area contributed by atoms with Gasteiger partial charge in [-0.25, -0.2) is 9.65 Å². The van der Waals surface area contributed by atoms with Crippen LogP contribution in [0.5, 0.6) is 0 Å². The molecule has 0 amide bonds. The second-order valence-corrected chi connectivity index (χ2v) is 5.47. The van der Waals surface area contributed by atoms with Gasteiger partial charge < -0.3 is 19.9 Å². The first-order valence-electron chi connectivity index (χ1n) is 5.48. The average molecular weight is 284 g/mol. The monoisotopic (exact) mass is 284 g/mol. The van der Waals surface area contributed by atoms with Gasteiger partial charge in [0.15, 0.2) is 0 Å². The molecule has 8 heteroatoms. The first kappa shape index (κ1) is 13.8. The third-order valence-electron chi connectivity index (χ3n) is 2.72. The molecule has 102 valence electrons. The van der Waals surface area contributed by atoms with E-state index in [0.717, 1.165) is 10.9 Å². The molecule has 0 bridgehead atoms. The number of H-pyrrole nitrogens is 1. The molecule has 2 aromatic rings. The molecular weight excluding hydrogens is 271 g/mol. The molecule has 0 aliphatic heterocycles. The van der Waals surface area contributed by atoms with Crippen LogP contribution in [0.25, 0.3) is 10.9 Å². The van der Waals surface area contributed by atoms with Gasteiger partial charge in [0.25, 0.3) is 0 Å². The molecule has 2 rings (SSSR count). The van der Waals surface area contributed by atoms with Gasteiger partial charge in [-0.3, -0.25) is 4.79 Å². The highest BCUT2D eigenvalue weighted by atomic mass is 31.2. The summed E-state index contributed by atoms with van der Waals surface area (Å²) in [5, 5.41) is 11.6. The fourth-order valence-corrected chi connectivity index (χ4v) is 2.52. The van der Waals surface area contributed by atoms with Crippen LogP contribution in [0.3, 0.4) is 0 Å². The zero-order valence-electron chi connectivity index (χ0n) is 9.78. The lowest BCUT2D eigenvalue weighted by atomic mass is 10.1. The molecule has 0 saturated heterocycles. The van der Waals surface area contributed by atoms with Gasteiger partial charge in [0, 0.05) is 23.5 Å². The highest BCUT2D eigenvalue weighted by Gasteiger charge is 2.26. The quantitative estimate of drug-likeness (QED) is 0.519. The number of aromatic amines is 1. The van der Waals surface area contributed by atoms with Gasteiger partial charge in [-0.05, 0) is 11.6 Å². The summed E-state index contributed by atoms with van der Waals surface area (Å²) in [6.45, 7) is 0. The highest BCUT2D eigenvalue weighted by Crippen LogP contribution is 2.30.